The van der Waals surface area contributed by atoms with Crippen LogP contribution >= 0.6 is 0 Å². The van der Waals surface area contributed by atoms with E-state index >= 15 is 0 Å². The van der Waals surface area contributed by atoms with Crippen molar-refractivity contribution in [3.8, 4) is 0 Å². The molecule has 0 bridgehead atoms. The summed E-state index contributed by atoms with van der Waals surface area (Å²) in [5, 5.41) is 7.10. The van der Waals surface area contributed by atoms with Gasteiger partial charge in [-0.25, -0.2) is 0 Å². The van der Waals surface area contributed by atoms with Crippen molar-refractivity contribution in [2.75, 3.05) is 19.6 Å². The van der Waals surface area contributed by atoms with Crippen LogP contribution in [0, 0.1) is 0 Å². The summed E-state index contributed by atoms with van der Waals surface area (Å²) in [5.74, 6) is -0.0679. The van der Waals surface area contributed by atoms with Gasteiger partial charge in [0.2, 0.25) is 5.91 Å². The molecule has 144 valence electrons. The molecular formula is C21H28N4O2. The number of benzene rings is 1. The molecular weight excluding hydrogens is 340 g/mol. The van der Waals surface area contributed by atoms with Gasteiger partial charge in [0.1, 0.15) is 0 Å². The number of allylic oxidation sites excluding steroid dienone is 1. The molecule has 6 nitrogen and oxygen atoms in total. The van der Waals surface area contributed by atoms with E-state index in [0.717, 1.165) is 17.4 Å². The SMILES string of the molecule is C/C=C(\C)CN1C[C@H](NC(=O)c2ccc3cc[nH]c3c2)C[C@H]1C(=O)NCC. The number of carbonyl (C=O) groups is 2. The number of aromatic amines is 1. The second-order valence-corrected chi connectivity index (χ2v) is 7.16. The molecule has 0 spiro atoms. The van der Waals surface area contributed by atoms with E-state index in [1.54, 1.807) is 0 Å². The fraction of sp³-hybridized carbons (Fsp3) is 0.429. The monoisotopic (exact) mass is 368 g/mol. The van der Waals surface area contributed by atoms with E-state index in [1.165, 1.54) is 5.57 Å². The highest BCUT2D eigenvalue weighted by Gasteiger charge is 2.37. The molecule has 0 saturated carbocycles. The van der Waals surface area contributed by atoms with Gasteiger partial charge < -0.3 is 15.6 Å². The summed E-state index contributed by atoms with van der Waals surface area (Å²) in [6.07, 6.45) is 4.55. The molecule has 1 fully saturated rings. The second-order valence-electron chi connectivity index (χ2n) is 7.16. The van der Waals surface area contributed by atoms with Crippen LogP contribution in [0.25, 0.3) is 10.9 Å². The summed E-state index contributed by atoms with van der Waals surface area (Å²) in [5.41, 5.74) is 2.79. The highest BCUT2D eigenvalue weighted by molar-refractivity contribution is 5.98. The third kappa shape index (κ3) is 4.39. The molecule has 6 heteroatoms. The van der Waals surface area contributed by atoms with E-state index in [0.29, 0.717) is 25.1 Å². The molecule has 1 aromatic carbocycles. The molecule has 3 rings (SSSR count). The van der Waals surface area contributed by atoms with Gasteiger partial charge in [-0.2, -0.15) is 0 Å². The van der Waals surface area contributed by atoms with Crippen molar-refractivity contribution in [1.29, 1.82) is 0 Å². The molecule has 1 aromatic heterocycles. The van der Waals surface area contributed by atoms with Crippen molar-refractivity contribution >= 4 is 22.7 Å². The molecule has 0 aliphatic carbocycles. The van der Waals surface area contributed by atoms with Gasteiger partial charge in [-0.1, -0.05) is 17.7 Å². The maximum absolute atomic E-state index is 12.7. The lowest BCUT2D eigenvalue weighted by Crippen LogP contribution is -2.43. The number of hydrogen-bond donors (Lipinski definition) is 3. The number of hydrogen-bond acceptors (Lipinski definition) is 3. The topological polar surface area (TPSA) is 77.2 Å². The Bertz CT molecular complexity index is 855. The Kier molecular flexibility index (Phi) is 5.96. The van der Waals surface area contributed by atoms with Crippen molar-refractivity contribution in [3.05, 3.63) is 47.7 Å². The van der Waals surface area contributed by atoms with Gasteiger partial charge in [0.15, 0.2) is 0 Å². The smallest absolute Gasteiger partial charge is 0.251 e. The number of carbonyl (C=O) groups excluding carboxylic acids is 2. The third-order valence-corrected chi connectivity index (χ3v) is 5.15. The van der Waals surface area contributed by atoms with Crippen LogP contribution in [-0.4, -0.2) is 53.4 Å². The number of likely N-dealkylation sites (tertiary alicyclic amines) is 1. The fourth-order valence-corrected chi connectivity index (χ4v) is 3.62. The number of amides is 2. The van der Waals surface area contributed by atoms with Gasteiger partial charge in [0.05, 0.1) is 6.04 Å². The first kappa shape index (κ1) is 19.2. The molecule has 3 N–H and O–H groups in total. The summed E-state index contributed by atoms with van der Waals surface area (Å²) in [6.45, 7) is 8.00. The van der Waals surface area contributed by atoms with Crippen molar-refractivity contribution in [3.63, 3.8) is 0 Å². The van der Waals surface area contributed by atoms with Crippen LogP contribution in [0.1, 0.15) is 37.6 Å². The van der Waals surface area contributed by atoms with E-state index in [-0.39, 0.29) is 23.9 Å². The summed E-state index contributed by atoms with van der Waals surface area (Å²) in [7, 11) is 0. The molecule has 27 heavy (non-hydrogen) atoms. The van der Waals surface area contributed by atoms with Gasteiger partial charge in [0, 0.05) is 43.0 Å². The lowest BCUT2D eigenvalue weighted by molar-refractivity contribution is -0.125. The average Bonchev–Trinajstić information content (AvgIpc) is 3.27. The number of fused-ring (bicyclic) bond motifs is 1. The van der Waals surface area contributed by atoms with Crippen LogP contribution in [-0.2, 0) is 4.79 Å². The minimum Gasteiger partial charge on any atom is -0.361 e. The summed E-state index contributed by atoms with van der Waals surface area (Å²) in [4.78, 5) is 30.4. The van der Waals surface area contributed by atoms with Crippen molar-refractivity contribution in [2.24, 2.45) is 0 Å². The van der Waals surface area contributed by atoms with E-state index in [4.69, 9.17) is 0 Å². The number of aromatic nitrogens is 1. The van der Waals surface area contributed by atoms with Gasteiger partial charge in [-0.15, -0.1) is 0 Å². The molecule has 1 saturated heterocycles. The Morgan fingerprint density at radius 2 is 2.15 bits per heavy atom. The Hall–Kier alpha value is -2.60. The summed E-state index contributed by atoms with van der Waals surface area (Å²) < 4.78 is 0. The third-order valence-electron chi connectivity index (χ3n) is 5.15. The highest BCUT2D eigenvalue weighted by atomic mass is 16.2. The number of rotatable bonds is 6. The lowest BCUT2D eigenvalue weighted by atomic mass is 10.1. The van der Waals surface area contributed by atoms with E-state index in [1.807, 2.05) is 44.3 Å². The molecule has 1 aliphatic rings. The molecule has 2 aromatic rings. The normalized spacial score (nSPS) is 20.8. The molecule has 2 amide bonds. The minimum atomic E-state index is -0.212. The molecule has 0 radical (unpaired) electrons. The van der Waals surface area contributed by atoms with Crippen LogP contribution in [0.3, 0.4) is 0 Å². The van der Waals surface area contributed by atoms with Crippen molar-refractivity contribution in [2.45, 2.75) is 39.3 Å². The lowest BCUT2D eigenvalue weighted by Gasteiger charge is -2.23. The van der Waals surface area contributed by atoms with Crippen LogP contribution in [0.4, 0.5) is 0 Å². The largest absolute Gasteiger partial charge is 0.361 e. The van der Waals surface area contributed by atoms with Crippen molar-refractivity contribution < 1.29 is 9.59 Å². The first-order valence-corrected chi connectivity index (χ1v) is 9.53. The minimum absolute atomic E-state index is 0.0333. The second kappa shape index (κ2) is 8.39. The van der Waals surface area contributed by atoms with Crippen LogP contribution in [0.15, 0.2) is 42.1 Å². The Balaban J connectivity index is 1.70. The molecule has 1 aliphatic heterocycles. The standard InChI is InChI=1S/C21H28N4O2/c1-4-14(3)12-25-13-17(11-19(25)21(27)22-5-2)24-20(26)16-7-6-15-8-9-23-18(15)10-16/h4,6-10,17,19,23H,5,11-13H2,1-3H3,(H,22,27)(H,24,26)/b14-4+/t17-,19+/m1/s1. The quantitative estimate of drug-likeness (QED) is 0.686. The van der Waals surface area contributed by atoms with Crippen LogP contribution in [0.2, 0.25) is 0 Å². The zero-order valence-electron chi connectivity index (χ0n) is 16.2. The van der Waals surface area contributed by atoms with E-state index < -0.39 is 0 Å². The Morgan fingerprint density at radius 1 is 1.33 bits per heavy atom. The number of H-pyrrole nitrogens is 1. The number of nitrogens with one attached hydrogen (secondary N) is 3. The predicted octanol–water partition coefficient (Wildman–Crippen LogP) is 2.44. The molecule has 2 atom stereocenters. The maximum atomic E-state index is 12.7. The summed E-state index contributed by atoms with van der Waals surface area (Å²) >= 11 is 0. The van der Waals surface area contributed by atoms with Crippen molar-refractivity contribution in [1.82, 2.24) is 20.5 Å². The zero-order chi connectivity index (χ0) is 19.4. The van der Waals surface area contributed by atoms with Gasteiger partial charge in [-0.3, -0.25) is 14.5 Å². The summed E-state index contributed by atoms with van der Waals surface area (Å²) in [6, 6.07) is 7.36. The fourth-order valence-electron chi connectivity index (χ4n) is 3.62. The Morgan fingerprint density at radius 3 is 2.89 bits per heavy atom. The predicted molar refractivity (Wildman–Crippen MR) is 108 cm³/mol. The highest BCUT2D eigenvalue weighted by Crippen LogP contribution is 2.21. The first-order valence-electron chi connectivity index (χ1n) is 9.53. The van der Waals surface area contributed by atoms with Gasteiger partial charge in [-0.05, 0) is 50.8 Å². The maximum Gasteiger partial charge on any atom is 0.251 e. The average molecular weight is 368 g/mol. The van der Waals surface area contributed by atoms with Crippen LogP contribution < -0.4 is 10.6 Å². The zero-order valence-corrected chi connectivity index (χ0v) is 16.2. The number of nitrogens with zero attached hydrogens (tertiary/aromatic N) is 1. The van der Waals surface area contributed by atoms with Gasteiger partial charge in [0.25, 0.3) is 5.91 Å². The first-order chi connectivity index (χ1) is 13.0. The van der Waals surface area contributed by atoms with E-state index in [2.05, 4.69) is 33.5 Å². The Labute approximate surface area is 160 Å². The van der Waals surface area contributed by atoms with Crippen LogP contribution in [0.5, 0.6) is 0 Å². The molecule has 2 heterocycles. The molecule has 0 unspecified atom stereocenters. The number of likely N-dealkylation sites (N-methyl/N-ethyl adjacent to an activating group) is 1. The van der Waals surface area contributed by atoms with E-state index in [9.17, 15) is 9.59 Å². The van der Waals surface area contributed by atoms with Gasteiger partial charge >= 0.3 is 0 Å².